The number of carbonyl (C=O) groups excluding carboxylic acids is 3. The third-order valence-corrected chi connectivity index (χ3v) is 6.28. The Morgan fingerprint density at radius 3 is 2.46 bits per heavy atom. The summed E-state index contributed by atoms with van der Waals surface area (Å²) in [6.07, 6.45) is -3.42. The lowest BCUT2D eigenvalue weighted by Gasteiger charge is -2.18. The first kappa shape index (κ1) is 29.1. The number of benzene rings is 3. The number of ether oxygens (including phenoxy) is 1. The first-order chi connectivity index (χ1) is 19.4. The van der Waals surface area contributed by atoms with Crippen LogP contribution in [-0.4, -0.2) is 40.3 Å². The Bertz CT molecular complexity index is 1640. The summed E-state index contributed by atoms with van der Waals surface area (Å²) in [5.74, 6) is -2.87. The number of anilines is 1. The number of nitrogens with zero attached hydrogens (tertiary/aromatic N) is 1. The number of amides is 2. The third kappa shape index (κ3) is 7.00. The zero-order valence-corrected chi connectivity index (χ0v) is 21.6. The minimum atomic E-state index is -5.02. The summed E-state index contributed by atoms with van der Waals surface area (Å²) in [6, 6.07) is 13.8. The number of fused-ring (bicyclic) bond motifs is 1. The van der Waals surface area contributed by atoms with Crippen LogP contribution in [0.15, 0.2) is 72.9 Å². The molecule has 41 heavy (non-hydrogen) atoms. The molecule has 3 N–H and O–H groups in total. The van der Waals surface area contributed by atoms with Crippen molar-refractivity contribution in [3.8, 4) is 0 Å². The summed E-state index contributed by atoms with van der Waals surface area (Å²) >= 11 is 6.10. The molecule has 0 saturated heterocycles. The van der Waals surface area contributed by atoms with Gasteiger partial charge in [-0.3, -0.25) is 19.7 Å². The molecule has 0 aliphatic heterocycles. The lowest BCUT2D eigenvalue weighted by Crippen LogP contribution is -2.44. The van der Waals surface area contributed by atoms with E-state index in [-0.39, 0.29) is 23.1 Å². The molecule has 0 radical (unpaired) electrons. The van der Waals surface area contributed by atoms with E-state index < -0.39 is 58.5 Å². The Labute approximate surface area is 234 Å². The van der Waals surface area contributed by atoms with Gasteiger partial charge in [0.25, 0.3) is 17.5 Å². The second-order valence-electron chi connectivity index (χ2n) is 8.71. The molecule has 1 atom stereocenters. The van der Waals surface area contributed by atoms with Crippen molar-refractivity contribution in [1.29, 1.82) is 0 Å². The first-order valence-corrected chi connectivity index (χ1v) is 12.2. The van der Waals surface area contributed by atoms with Gasteiger partial charge in [-0.05, 0) is 29.8 Å². The largest absolute Gasteiger partial charge is 0.454 e. The van der Waals surface area contributed by atoms with Gasteiger partial charge in [-0.2, -0.15) is 13.2 Å². The van der Waals surface area contributed by atoms with Crippen molar-refractivity contribution in [2.75, 3.05) is 11.9 Å². The summed E-state index contributed by atoms with van der Waals surface area (Å²) in [6.45, 7) is -1.00. The Balaban J connectivity index is 1.51. The number of para-hydroxylation sites is 1. The monoisotopic (exact) mass is 588 g/mol. The predicted octanol–water partition coefficient (Wildman–Crippen LogP) is 5.27. The number of alkyl halides is 3. The second kappa shape index (κ2) is 12.1. The van der Waals surface area contributed by atoms with Crippen LogP contribution in [0.1, 0.15) is 21.5 Å². The number of nitrogens with one attached hydrogen (secondary N) is 3. The Morgan fingerprint density at radius 1 is 1.05 bits per heavy atom. The van der Waals surface area contributed by atoms with Gasteiger partial charge in [0, 0.05) is 35.7 Å². The van der Waals surface area contributed by atoms with Crippen LogP contribution in [0.25, 0.3) is 10.9 Å². The van der Waals surface area contributed by atoms with Gasteiger partial charge in [0.1, 0.15) is 6.04 Å². The van der Waals surface area contributed by atoms with Crippen LogP contribution in [-0.2, 0) is 26.9 Å². The maximum Gasteiger partial charge on any atom is 0.418 e. The van der Waals surface area contributed by atoms with Crippen LogP contribution in [0.4, 0.5) is 24.5 Å². The number of nitro benzene ring substituents is 1. The number of nitro groups is 1. The molecule has 0 saturated carbocycles. The lowest BCUT2D eigenvalue weighted by atomic mass is 10.0. The molecule has 1 heterocycles. The van der Waals surface area contributed by atoms with E-state index >= 15 is 0 Å². The van der Waals surface area contributed by atoms with Crippen molar-refractivity contribution in [2.45, 2.75) is 18.6 Å². The molecule has 1 aromatic heterocycles. The number of H-pyrrole nitrogens is 1. The number of hydrogen-bond donors (Lipinski definition) is 3. The fourth-order valence-electron chi connectivity index (χ4n) is 4.01. The standard InChI is InChI=1S/C27H20ClF3N4O6/c28-20-7-3-1-6-18(20)25(37)34-23(11-15-13-32-21-8-4-2-5-17(15)21)26(38)41-14-24(36)33-22-10-9-16(35(39)40)12-19(22)27(29,30)31/h1-10,12-13,23,32H,11,14H2,(H,33,36)(H,34,37). The van der Waals surface area contributed by atoms with Crippen molar-refractivity contribution in [3.05, 3.63) is 105 Å². The summed E-state index contributed by atoms with van der Waals surface area (Å²) in [4.78, 5) is 51.3. The number of non-ortho nitro benzene ring substituents is 1. The van der Waals surface area contributed by atoms with Crippen LogP contribution in [0, 0.1) is 10.1 Å². The molecule has 0 aliphatic carbocycles. The predicted molar refractivity (Wildman–Crippen MR) is 142 cm³/mol. The molecule has 0 aliphatic rings. The molecular formula is C27H20ClF3N4O6. The summed E-state index contributed by atoms with van der Waals surface area (Å²) < 4.78 is 45.4. The Kier molecular flexibility index (Phi) is 8.57. The molecule has 0 spiro atoms. The van der Waals surface area contributed by atoms with E-state index in [0.717, 1.165) is 23.0 Å². The number of esters is 1. The van der Waals surface area contributed by atoms with Gasteiger partial charge in [0.2, 0.25) is 0 Å². The molecule has 10 nitrogen and oxygen atoms in total. The van der Waals surface area contributed by atoms with E-state index in [0.29, 0.717) is 5.56 Å². The molecule has 1 unspecified atom stereocenters. The van der Waals surface area contributed by atoms with Gasteiger partial charge in [0.05, 0.1) is 26.8 Å². The molecule has 14 heteroatoms. The molecule has 0 bridgehead atoms. The molecular weight excluding hydrogens is 569 g/mol. The highest BCUT2D eigenvalue weighted by Crippen LogP contribution is 2.37. The molecule has 0 fully saturated rings. The third-order valence-electron chi connectivity index (χ3n) is 5.95. The average molecular weight is 589 g/mol. The number of hydrogen-bond acceptors (Lipinski definition) is 6. The van der Waals surface area contributed by atoms with Crippen LogP contribution in [0.3, 0.4) is 0 Å². The molecule has 4 aromatic rings. The van der Waals surface area contributed by atoms with Crippen LogP contribution in [0.2, 0.25) is 5.02 Å². The van der Waals surface area contributed by atoms with Crippen LogP contribution in [0.5, 0.6) is 0 Å². The maximum absolute atomic E-state index is 13.4. The second-order valence-corrected chi connectivity index (χ2v) is 9.12. The lowest BCUT2D eigenvalue weighted by molar-refractivity contribution is -0.385. The van der Waals surface area contributed by atoms with Crippen molar-refractivity contribution >= 4 is 51.7 Å². The molecule has 2 amide bonds. The smallest absolute Gasteiger partial charge is 0.418 e. The number of aromatic nitrogens is 1. The zero-order valence-electron chi connectivity index (χ0n) is 20.8. The van der Waals surface area contributed by atoms with E-state index in [1.54, 1.807) is 36.5 Å². The van der Waals surface area contributed by atoms with Crippen molar-refractivity contribution in [2.24, 2.45) is 0 Å². The minimum Gasteiger partial charge on any atom is -0.454 e. The maximum atomic E-state index is 13.4. The minimum absolute atomic E-state index is 0.0543. The van der Waals surface area contributed by atoms with E-state index in [1.165, 1.54) is 12.1 Å². The average Bonchev–Trinajstić information content (AvgIpc) is 3.33. The van der Waals surface area contributed by atoms with Gasteiger partial charge in [0.15, 0.2) is 6.61 Å². The van der Waals surface area contributed by atoms with Crippen LogP contribution < -0.4 is 10.6 Å². The van der Waals surface area contributed by atoms with Gasteiger partial charge >= 0.3 is 12.1 Å². The van der Waals surface area contributed by atoms with Crippen LogP contribution >= 0.6 is 11.6 Å². The van der Waals surface area contributed by atoms with E-state index in [1.807, 2.05) is 11.4 Å². The molecule has 212 valence electrons. The molecule has 4 rings (SSSR count). The number of halogens is 4. The quantitative estimate of drug-likeness (QED) is 0.138. The Hall–Kier alpha value is -4.91. The fraction of sp³-hybridized carbons (Fsp3) is 0.148. The summed E-state index contributed by atoms with van der Waals surface area (Å²) in [5, 5.41) is 16.3. The van der Waals surface area contributed by atoms with Gasteiger partial charge in [-0.1, -0.05) is 41.9 Å². The van der Waals surface area contributed by atoms with E-state index in [2.05, 4.69) is 10.3 Å². The first-order valence-electron chi connectivity index (χ1n) is 11.9. The van der Waals surface area contributed by atoms with E-state index in [4.69, 9.17) is 16.3 Å². The highest BCUT2D eigenvalue weighted by molar-refractivity contribution is 6.33. The highest BCUT2D eigenvalue weighted by atomic mass is 35.5. The SMILES string of the molecule is O=C(COC(=O)C(Cc1c[nH]c2ccccc12)NC(=O)c1ccccc1Cl)Nc1ccc([N+](=O)[O-])cc1C(F)(F)F. The number of carbonyl (C=O) groups is 3. The van der Waals surface area contributed by atoms with Crippen molar-refractivity contribution < 1.29 is 37.2 Å². The fourth-order valence-corrected chi connectivity index (χ4v) is 4.23. The molecule has 3 aromatic carbocycles. The van der Waals surface area contributed by atoms with Gasteiger partial charge in [-0.15, -0.1) is 0 Å². The van der Waals surface area contributed by atoms with Crippen molar-refractivity contribution in [1.82, 2.24) is 10.3 Å². The van der Waals surface area contributed by atoms with Gasteiger partial charge < -0.3 is 20.4 Å². The summed E-state index contributed by atoms with van der Waals surface area (Å²) in [5.41, 5.74) is -1.53. The van der Waals surface area contributed by atoms with E-state index in [9.17, 15) is 37.7 Å². The highest BCUT2D eigenvalue weighted by Gasteiger charge is 2.36. The number of rotatable bonds is 9. The topological polar surface area (TPSA) is 143 Å². The van der Waals surface area contributed by atoms with Crippen molar-refractivity contribution in [3.63, 3.8) is 0 Å². The summed E-state index contributed by atoms with van der Waals surface area (Å²) in [7, 11) is 0. The van der Waals surface area contributed by atoms with Gasteiger partial charge in [-0.25, -0.2) is 4.79 Å². The Morgan fingerprint density at radius 2 is 1.76 bits per heavy atom. The normalized spacial score (nSPS) is 12.0. The zero-order chi connectivity index (χ0) is 29.7. The number of aromatic amines is 1.